The first-order chi connectivity index (χ1) is 47.6. The molecule has 550 valence electrons. The van der Waals surface area contributed by atoms with Gasteiger partial charge >= 0.3 is 0 Å². The summed E-state index contributed by atoms with van der Waals surface area (Å²) in [5.41, 5.74) is 10.1. The minimum absolute atomic E-state index is 0. The zero-order valence-electron chi connectivity index (χ0n) is 64.5. The largest absolute Gasteiger partial charge is 0.512 e. The van der Waals surface area contributed by atoms with Gasteiger partial charge in [0.1, 0.15) is 0 Å². The summed E-state index contributed by atoms with van der Waals surface area (Å²) in [5.74, 6) is 3.92. The van der Waals surface area contributed by atoms with E-state index in [-0.39, 0.29) is 97.8 Å². The van der Waals surface area contributed by atoms with E-state index in [1.807, 2.05) is 62.8 Å². The molecular formula is C92H116Ir2N2O4S2-2. The minimum atomic E-state index is -0.0119. The van der Waals surface area contributed by atoms with Crippen LogP contribution in [-0.4, -0.2) is 31.7 Å². The summed E-state index contributed by atoms with van der Waals surface area (Å²) in [6.45, 7) is 38.4. The monoisotopic (exact) mass is 1760 g/mol. The number of benzene rings is 6. The molecule has 102 heavy (non-hydrogen) atoms. The number of aliphatic hydroxyl groups excluding tert-OH is 2. The first-order valence-electron chi connectivity index (χ1n) is 38.0. The maximum absolute atomic E-state index is 12.3. The van der Waals surface area contributed by atoms with Gasteiger partial charge in [-0.25, -0.2) is 0 Å². The SMILES string of the molecule is CC(C)(C)c1cc(-c2nccc3c2sc2cc(CC4CCCC4)ccc23)[c-]c2ccccc12.CC(C)(C)c1cc(-c2nccc3c2sc2cc(CC4CCCC4)ccc23)[c-]c2ccccc12.CC(C)C(C(=O)C=C(O)C(C(C)C)C(C)C)C(C)C.CCC(CC)C(=O)C=C(O)C(CC)CC.[Ir].[Ir]. The molecule has 2 fully saturated rings. The van der Waals surface area contributed by atoms with Crippen molar-refractivity contribution in [3.8, 4) is 22.5 Å². The number of rotatable bonds is 20. The normalized spacial score (nSPS) is 14.3. The molecule has 10 heteroatoms. The Morgan fingerprint density at radius 1 is 0.471 bits per heavy atom. The molecule has 2 aliphatic carbocycles. The summed E-state index contributed by atoms with van der Waals surface area (Å²) >= 11 is 3.78. The number of aliphatic hydroxyl groups is 2. The van der Waals surface area contributed by atoms with Crippen LogP contribution in [-0.2, 0) is 73.5 Å². The number of allylic oxidation sites excluding steroid dienone is 4. The van der Waals surface area contributed by atoms with E-state index in [0.717, 1.165) is 60.0 Å². The van der Waals surface area contributed by atoms with E-state index in [1.54, 1.807) is 0 Å². The van der Waals surface area contributed by atoms with Crippen LogP contribution >= 0.6 is 22.7 Å². The van der Waals surface area contributed by atoms with Crippen LogP contribution in [0.3, 0.4) is 0 Å². The molecule has 2 radical (unpaired) electrons. The van der Waals surface area contributed by atoms with Crippen LogP contribution in [0.25, 0.3) is 84.4 Å². The zero-order valence-corrected chi connectivity index (χ0v) is 70.9. The van der Waals surface area contributed by atoms with Crippen LogP contribution in [0.15, 0.2) is 145 Å². The molecule has 2 N–H and O–H groups in total. The second kappa shape index (κ2) is 37.5. The number of ketones is 2. The molecule has 6 aromatic carbocycles. The summed E-state index contributed by atoms with van der Waals surface area (Å²) in [4.78, 5) is 33.8. The Balaban J connectivity index is 0.000000200. The summed E-state index contributed by atoms with van der Waals surface area (Å²) in [5, 5.41) is 30.3. The Kier molecular flexibility index (Phi) is 30.7. The molecule has 0 bridgehead atoms. The van der Waals surface area contributed by atoms with Crippen molar-refractivity contribution in [1.29, 1.82) is 0 Å². The van der Waals surface area contributed by atoms with Gasteiger partial charge in [0.25, 0.3) is 0 Å². The molecule has 0 amide bonds. The smallest absolute Gasteiger partial charge is 0.162 e. The van der Waals surface area contributed by atoms with Crippen molar-refractivity contribution in [2.45, 2.75) is 225 Å². The van der Waals surface area contributed by atoms with Crippen molar-refractivity contribution in [2.75, 3.05) is 0 Å². The standard InChI is InChI=1S/2C31H30NS.C17H32O2.C13H24O2.2Ir/c2*1-31(2,3)27-19-23(18-22-10-6-7-11-24(22)27)29-30-26(14-15-32-29)25-13-12-21(17-28(25)33-30)16-20-8-4-5-9-20;1-10(2)16(11(3)4)14(18)9-15(19)17(12(5)6)13(7)8;1-5-10(6-2)12(14)9-13(15)11(7-3)8-4;;/h2*6-7,10-15,17,19-20H,4-5,8-9,16H2,1-3H3;9-13,16-18H,1-8H3;9-11,14H,5-8H2,1-4H3;;/q2*-1;;;;. The first kappa shape index (κ1) is 83.6. The number of fused-ring (bicyclic) bond motifs is 8. The molecule has 4 heterocycles. The Morgan fingerprint density at radius 3 is 1.21 bits per heavy atom. The average molecular weight is 1760 g/mol. The molecule has 0 unspecified atom stereocenters. The van der Waals surface area contributed by atoms with E-state index in [9.17, 15) is 19.8 Å². The van der Waals surface area contributed by atoms with Crippen LogP contribution < -0.4 is 0 Å². The summed E-state index contributed by atoms with van der Waals surface area (Å²) in [7, 11) is 0. The van der Waals surface area contributed by atoms with Crippen LogP contribution in [0.5, 0.6) is 0 Å². The van der Waals surface area contributed by atoms with Crippen molar-refractivity contribution in [1.82, 2.24) is 9.97 Å². The van der Waals surface area contributed by atoms with Crippen LogP contribution in [0.4, 0.5) is 0 Å². The molecule has 10 aromatic rings. The molecule has 0 saturated heterocycles. The molecule has 12 rings (SSSR count). The Hall–Kier alpha value is -5.70. The quantitative estimate of drug-likeness (QED) is 0.0448. The van der Waals surface area contributed by atoms with Gasteiger partial charge in [-0.1, -0.05) is 259 Å². The topological polar surface area (TPSA) is 100 Å². The fourth-order valence-corrected chi connectivity index (χ4v) is 18.7. The number of carbonyl (C=O) groups is 2. The number of hydrogen-bond acceptors (Lipinski definition) is 8. The van der Waals surface area contributed by atoms with E-state index in [0.29, 0.717) is 23.7 Å². The molecule has 0 spiro atoms. The Morgan fingerprint density at radius 2 is 0.843 bits per heavy atom. The van der Waals surface area contributed by atoms with E-state index >= 15 is 0 Å². The van der Waals surface area contributed by atoms with E-state index in [4.69, 9.17) is 9.97 Å². The maximum Gasteiger partial charge on any atom is 0.162 e. The molecule has 6 nitrogen and oxygen atoms in total. The van der Waals surface area contributed by atoms with Crippen LogP contribution in [0.2, 0.25) is 0 Å². The van der Waals surface area contributed by atoms with Gasteiger partial charge in [0, 0.05) is 119 Å². The predicted octanol–water partition coefficient (Wildman–Crippen LogP) is 26.9. The van der Waals surface area contributed by atoms with Crippen molar-refractivity contribution in [2.24, 2.45) is 59.2 Å². The fourth-order valence-electron chi connectivity index (χ4n) is 16.2. The van der Waals surface area contributed by atoms with Gasteiger partial charge in [-0.3, -0.25) is 19.6 Å². The van der Waals surface area contributed by atoms with E-state index < -0.39 is 0 Å². The molecule has 4 aromatic heterocycles. The van der Waals surface area contributed by atoms with Gasteiger partial charge in [0.2, 0.25) is 0 Å². The van der Waals surface area contributed by atoms with Gasteiger partial charge in [-0.2, -0.15) is 0 Å². The predicted molar refractivity (Wildman–Crippen MR) is 432 cm³/mol. The van der Waals surface area contributed by atoms with Crippen molar-refractivity contribution in [3.63, 3.8) is 0 Å². The third-order valence-corrected chi connectivity index (χ3v) is 23.8. The van der Waals surface area contributed by atoms with E-state index in [1.165, 1.54) is 161 Å². The van der Waals surface area contributed by atoms with Gasteiger partial charge < -0.3 is 10.2 Å². The Labute approximate surface area is 647 Å². The number of carbonyl (C=O) groups excluding carboxylic acids is 2. The molecule has 0 aliphatic heterocycles. The third-order valence-electron chi connectivity index (χ3n) is 21.5. The third kappa shape index (κ3) is 20.5. The number of nitrogens with zero attached hydrogens (tertiary/aromatic N) is 2. The van der Waals surface area contributed by atoms with E-state index in [2.05, 4.69) is 218 Å². The van der Waals surface area contributed by atoms with Crippen LogP contribution in [0, 0.1) is 71.3 Å². The Bertz CT molecular complexity index is 4230. The average Bonchev–Trinajstić information content (AvgIpc) is 1.68. The van der Waals surface area contributed by atoms with Gasteiger partial charge in [-0.15, -0.1) is 81.0 Å². The maximum atomic E-state index is 12.3. The minimum Gasteiger partial charge on any atom is -0.512 e. The summed E-state index contributed by atoms with van der Waals surface area (Å²) in [6.07, 6.45) is 24.0. The number of aromatic nitrogens is 2. The van der Waals surface area contributed by atoms with Crippen molar-refractivity contribution in [3.05, 3.63) is 180 Å². The molecule has 2 saturated carbocycles. The molecule has 2 aliphatic rings. The zero-order chi connectivity index (χ0) is 72.3. The van der Waals surface area contributed by atoms with Gasteiger partial charge in [0.15, 0.2) is 11.6 Å². The van der Waals surface area contributed by atoms with Crippen molar-refractivity contribution >= 4 is 96.1 Å². The molecular weight excluding hydrogens is 1650 g/mol. The van der Waals surface area contributed by atoms with Crippen LogP contribution in [0.1, 0.15) is 224 Å². The van der Waals surface area contributed by atoms with Gasteiger partial charge in [-0.05, 0) is 142 Å². The second-order valence-electron chi connectivity index (χ2n) is 32.4. The second-order valence-corrected chi connectivity index (χ2v) is 34.5. The van der Waals surface area contributed by atoms with Gasteiger partial charge in [0.05, 0.1) is 11.5 Å². The van der Waals surface area contributed by atoms with Crippen molar-refractivity contribution < 1.29 is 60.0 Å². The number of pyridine rings is 2. The molecule has 0 atom stereocenters. The summed E-state index contributed by atoms with van der Waals surface area (Å²) in [6, 6.07) is 47.9. The summed E-state index contributed by atoms with van der Waals surface area (Å²) < 4.78 is 5.31. The number of hydrogen-bond donors (Lipinski definition) is 2. The fraction of sp³-hybridized carbons (Fsp3) is 0.478. The first-order valence-corrected chi connectivity index (χ1v) is 39.7. The number of thiophene rings is 2.